The highest BCUT2D eigenvalue weighted by atomic mass is 15.2. The van der Waals surface area contributed by atoms with Crippen LogP contribution < -0.4 is 9.80 Å². The molecule has 412 valence electrons. The highest BCUT2D eigenvalue weighted by molar-refractivity contribution is 5.96. The molecule has 0 bridgehead atoms. The number of para-hydroxylation sites is 3. The quantitative estimate of drug-likeness (QED) is 0.164. The molecule has 2 heteroatoms. The van der Waals surface area contributed by atoms with Crippen molar-refractivity contribution in [1.82, 2.24) is 0 Å². The first-order chi connectivity index (χ1) is 40.3. The molecule has 0 spiro atoms. The van der Waals surface area contributed by atoms with E-state index in [-0.39, 0.29) is 27.1 Å². The molecule has 10 aromatic carbocycles. The van der Waals surface area contributed by atoms with Crippen LogP contribution in [0.3, 0.4) is 0 Å². The largest absolute Gasteiger partial charge is 0.310 e. The molecule has 0 fully saturated rings. The SMILES string of the molecule is CC(C)(C)c1ccc(N2c3ccccc3C(C)(C)c3cc4c(cc32)C(C)(C)c2cc(C3=CCC(/C=C/c5ccc6cc(-c7ccc8c(c7)C(C)(C)c7cc9c(cc7-8)C(C)(C)c7ccccc7N9c7ccccc7)ccc6c5)C=C3)ccc2-4)cc1. The Bertz CT molecular complexity index is 4490. The van der Waals surface area contributed by atoms with Crippen LogP contribution in [-0.2, 0) is 27.1 Å². The first kappa shape index (κ1) is 52.1. The fourth-order valence-corrected chi connectivity index (χ4v) is 15.2. The molecule has 5 aliphatic rings. The number of anilines is 6. The van der Waals surface area contributed by atoms with Gasteiger partial charge in [0.2, 0.25) is 0 Å². The molecular weight excluding hydrogens is 1010 g/mol. The molecule has 0 amide bonds. The van der Waals surface area contributed by atoms with E-state index in [9.17, 15) is 0 Å². The number of allylic oxidation sites excluding steroid dienone is 5. The standard InChI is InChI=1S/C82H74N2/c1-78(2,3)59-37-39-61(40-38-59)84-75-24-18-16-22-67(75)80(6,7)73-48-64-62-41-35-57(45-68(62)81(8,9)71(64)50-77(73)84)53-30-27-51(28-31-53)25-26-52-29-32-55-44-56(34-33-54(55)43-52)58-36-42-63-65-47-72-76(49-70(65)82(10,11)69(63)46-58)83(60-19-13-12-14-20-60)74-23-17-15-21-66(74)79(72,4)5/h12-27,29-51H,28H2,1-11H3/b26-25+. The average molecular weight is 1090 g/mol. The van der Waals surface area contributed by atoms with Crippen LogP contribution in [-0.4, -0.2) is 0 Å². The van der Waals surface area contributed by atoms with Gasteiger partial charge in [0.15, 0.2) is 0 Å². The van der Waals surface area contributed by atoms with E-state index in [0.717, 1.165) is 6.42 Å². The Morgan fingerprint density at radius 3 is 1.44 bits per heavy atom. The Labute approximate surface area is 498 Å². The van der Waals surface area contributed by atoms with Gasteiger partial charge in [-0.05, 0) is 214 Å². The molecule has 1 atom stereocenters. The van der Waals surface area contributed by atoms with E-state index in [0.29, 0.717) is 5.92 Å². The lowest BCUT2D eigenvalue weighted by Gasteiger charge is -2.43. The van der Waals surface area contributed by atoms with Crippen molar-refractivity contribution >= 4 is 56.5 Å². The third-order valence-corrected chi connectivity index (χ3v) is 20.3. The minimum Gasteiger partial charge on any atom is -0.310 e. The fourth-order valence-electron chi connectivity index (χ4n) is 15.2. The van der Waals surface area contributed by atoms with Gasteiger partial charge in [0.05, 0.1) is 22.7 Å². The summed E-state index contributed by atoms with van der Waals surface area (Å²) in [6, 6.07) is 76.6. The normalized spacial score (nSPS) is 17.8. The van der Waals surface area contributed by atoms with Crippen LogP contribution in [0.15, 0.2) is 224 Å². The maximum atomic E-state index is 2.53. The Morgan fingerprint density at radius 2 is 0.869 bits per heavy atom. The lowest BCUT2D eigenvalue weighted by atomic mass is 9.71. The topological polar surface area (TPSA) is 6.48 Å². The first-order valence-corrected chi connectivity index (χ1v) is 30.5. The summed E-state index contributed by atoms with van der Waals surface area (Å²) in [5, 5.41) is 2.51. The second kappa shape index (κ2) is 18.4. The van der Waals surface area contributed by atoms with Crippen molar-refractivity contribution < 1.29 is 0 Å². The smallest absolute Gasteiger partial charge is 0.0506 e. The molecule has 2 aliphatic heterocycles. The monoisotopic (exact) mass is 1090 g/mol. The number of rotatable bonds is 6. The second-order valence-electron chi connectivity index (χ2n) is 27.8. The third-order valence-electron chi connectivity index (χ3n) is 20.3. The third kappa shape index (κ3) is 7.89. The lowest BCUT2D eigenvalue weighted by Crippen LogP contribution is -2.31. The summed E-state index contributed by atoms with van der Waals surface area (Å²) in [5.41, 5.74) is 31.0. The van der Waals surface area contributed by atoms with Gasteiger partial charge < -0.3 is 9.80 Å². The van der Waals surface area contributed by atoms with Crippen molar-refractivity contribution in [2.75, 3.05) is 9.80 Å². The van der Waals surface area contributed by atoms with Crippen molar-refractivity contribution in [2.24, 2.45) is 5.92 Å². The molecule has 0 saturated heterocycles. The van der Waals surface area contributed by atoms with Crippen LogP contribution in [0.5, 0.6) is 0 Å². The van der Waals surface area contributed by atoms with Gasteiger partial charge in [-0.2, -0.15) is 0 Å². The highest BCUT2D eigenvalue weighted by Crippen LogP contribution is 2.60. The van der Waals surface area contributed by atoms with E-state index in [1.54, 1.807) is 0 Å². The van der Waals surface area contributed by atoms with Gasteiger partial charge in [-0.3, -0.25) is 0 Å². The molecule has 3 aliphatic carbocycles. The van der Waals surface area contributed by atoms with Crippen LogP contribution in [0, 0.1) is 5.92 Å². The summed E-state index contributed by atoms with van der Waals surface area (Å²) in [7, 11) is 0. The van der Waals surface area contributed by atoms with Crippen LogP contribution in [0.2, 0.25) is 0 Å². The van der Waals surface area contributed by atoms with E-state index in [2.05, 4.69) is 317 Å². The van der Waals surface area contributed by atoms with Crippen LogP contribution >= 0.6 is 0 Å². The van der Waals surface area contributed by atoms with Gasteiger partial charge in [0, 0.05) is 33.0 Å². The highest BCUT2D eigenvalue weighted by Gasteiger charge is 2.45. The number of fused-ring (bicyclic) bond motifs is 11. The molecule has 0 aromatic heterocycles. The number of hydrogen-bond acceptors (Lipinski definition) is 2. The maximum absolute atomic E-state index is 2.53. The van der Waals surface area contributed by atoms with Crippen LogP contribution in [0.1, 0.15) is 144 Å². The minimum atomic E-state index is -0.175. The van der Waals surface area contributed by atoms with Crippen LogP contribution in [0.4, 0.5) is 34.1 Å². The molecule has 0 N–H and O–H groups in total. The van der Waals surface area contributed by atoms with Crippen molar-refractivity contribution in [1.29, 1.82) is 0 Å². The molecule has 15 rings (SSSR count). The summed E-state index contributed by atoms with van der Waals surface area (Å²) in [4.78, 5) is 5.00. The Hall–Kier alpha value is -8.72. The summed E-state index contributed by atoms with van der Waals surface area (Å²) >= 11 is 0. The predicted octanol–water partition coefficient (Wildman–Crippen LogP) is 22.3. The number of benzene rings is 10. The van der Waals surface area contributed by atoms with Gasteiger partial charge in [-0.15, -0.1) is 0 Å². The fraction of sp³-hybridized carbons (Fsp3) is 0.220. The average Bonchev–Trinajstić information content (AvgIpc) is 1.63. The first-order valence-electron chi connectivity index (χ1n) is 30.5. The van der Waals surface area contributed by atoms with E-state index >= 15 is 0 Å². The zero-order valence-corrected chi connectivity index (χ0v) is 50.6. The van der Waals surface area contributed by atoms with Gasteiger partial charge in [-0.1, -0.05) is 222 Å². The summed E-state index contributed by atoms with van der Waals surface area (Å²) in [6.45, 7) is 26.1. The van der Waals surface area contributed by atoms with Gasteiger partial charge in [0.25, 0.3) is 0 Å². The molecule has 0 radical (unpaired) electrons. The summed E-state index contributed by atoms with van der Waals surface area (Å²) in [6.07, 6.45) is 12.9. The minimum absolute atomic E-state index is 0.0880. The molecule has 84 heavy (non-hydrogen) atoms. The summed E-state index contributed by atoms with van der Waals surface area (Å²) < 4.78 is 0. The molecular formula is C82H74N2. The number of hydrogen-bond donors (Lipinski definition) is 0. The van der Waals surface area contributed by atoms with Crippen molar-refractivity contribution in [3.8, 4) is 33.4 Å². The van der Waals surface area contributed by atoms with Crippen molar-refractivity contribution in [3.63, 3.8) is 0 Å². The van der Waals surface area contributed by atoms with Crippen molar-refractivity contribution in [2.45, 2.75) is 110 Å². The Balaban J connectivity index is 0.662. The van der Waals surface area contributed by atoms with Gasteiger partial charge >= 0.3 is 0 Å². The number of nitrogens with zero attached hydrogens (tertiary/aromatic N) is 2. The zero-order valence-electron chi connectivity index (χ0n) is 50.6. The molecule has 10 aromatic rings. The van der Waals surface area contributed by atoms with E-state index in [1.807, 2.05) is 0 Å². The van der Waals surface area contributed by atoms with Crippen molar-refractivity contribution in [3.05, 3.63) is 286 Å². The summed E-state index contributed by atoms with van der Waals surface area (Å²) in [5.74, 6) is 0.333. The molecule has 0 saturated carbocycles. The van der Waals surface area contributed by atoms with Gasteiger partial charge in [-0.25, -0.2) is 0 Å². The van der Waals surface area contributed by atoms with E-state index in [1.165, 1.54) is 145 Å². The second-order valence-corrected chi connectivity index (χ2v) is 27.8. The van der Waals surface area contributed by atoms with E-state index < -0.39 is 0 Å². The van der Waals surface area contributed by atoms with Crippen LogP contribution in [0.25, 0.3) is 55.8 Å². The zero-order chi connectivity index (χ0) is 57.8. The Morgan fingerprint density at radius 1 is 0.393 bits per heavy atom. The maximum Gasteiger partial charge on any atom is 0.0506 e. The molecule has 2 nitrogen and oxygen atoms in total. The predicted molar refractivity (Wildman–Crippen MR) is 358 cm³/mol. The Kier molecular flexibility index (Phi) is 11.4. The van der Waals surface area contributed by atoms with Gasteiger partial charge in [0.1, 0.15) is 0 Å². The molecule has 2 heterocycles. The molecule has 1 unspecified atom stereocenters. The lowest BCUT2D eigenvalue weighted by molar-refractivity contribution is 0.590. The van der Waals surface area contributed by atoms with E-state index in [4.69, 9.17) is 0 Å².